The van der Waals surface area contributed by atoms with Gasteiger partial charge in [0.2, 0.25) is 11.8 Å². The average Bonchev–Trinajstić information content (AvgIpc) is 3.39. The van der Waals surface area contributed by atoms with Crippen LogP contribution in [-0.2, 0) is 0 Å². The number of fused-ring (bicyclic) bond motifs is 1. The highest BCUT2D eigenvalue weighted by molar-refractivity contribution is 5.83. The second-order valence-corrected chi connectivity index (χ2v) is 6.51. The highest BCUT2D eigenvalue weighted by Crippen LogP contribution is 2.34. The lowest BCUT2D eigenvalue weighted by Gasteiger charge is -2.04. The largest absolute Gasteiger partial charge is 0.497 e. The first-order valence-corrected chi connectivity index (χ1v) is 9.10. The molecular formula is C24H18N2O2. The van der Waals surface area contributed by atoms with E-state index in [0.717, 1.165) is 33.5 Å². The van der Waals surface area contributed by atoms with E-state index in [1.54, 1.807) is 7.11 Å². The standard InChI is InChI=1S/C24H18N2O2/c1-27-20-13-11-19(12-14-20)23-25-22(18-8-3-2-4-9-18)24(28-23)26-16-15-17-7-5-6-10-21(17)26/h2-16H,1H3. The van der Waals surface area contributed by atoms with Gasteiger partial charge in [0, 0.05) is 22.7 Å². The van der Waals surface area contributed by atoms with Gasteiger partial charge in [-0.2, -0.15) is 0 Å². The number of hydrogen-bond acceptors (Lipinski definition) is 3. The molecule has 2 heterocycles. The van der Waals surface area contributed by atoms with Gasteiger partial charge in [-0.15, -0.1) is 0 Å². The zero-order valence-corrected chi connectivity index (χ0v) is 15.4. The molecule has 0 aliphatic rings. The zero-order valence-electron chi connectivity index (χ0n) is 15.4. The number of rotatable bonds is 4. The van der Waals surface area contributed by atoms with Crippen molar-refractivity contribution in [3.8, 4) is 34.3 Å². The molecule has 0 bridgehead atoms. The molecule has 136 valence electrons. The van der Waals surface area contributed by atoms with Crippen molar-refractivity contribution in [2.24, 2.45) is 0 Å². The molecule has 0 unspecified atom stereocenters. The van der Waals surface area contributed by atoms with E-state index in [0.29, 0.717) is 11.8 Å². The van der Waals surface area contributed by atoms with E-state index in [9.17, 15) is 0 Å². The molecule has 0 N–H and O–H groups in total. The monoisotopic (exact) mass is 366 g/mol. The van der Waals surface area contributed by atoms with Crippen molar-refractivity contribution < 1.29 is 9.15 Å². The molecule has 0 saturated carbocycles. The first-order valence-electron chi connectivity index (χ1n) is 9.10. The molecular weight excluding hydrogens is 348 g/mol. The molecule has 3 aromatic carbocycles. The van der Waals surface area contributed by atoms with Crippen LogP contribution in [0.25, 0.3) is 39.5 Å². The van der Waals surface area contributed by atoms with Crippen molar-refractivity contribution >= 4 is 10.9 Å². The highest BCUT2D eigenvalue weighted by Gasteiger charge is 2.19. The number of nitrogens with zero attached hydrogens (tertiary/aromatic N) is 2. The summed E-state index contributed by atoms with van der Waals surface area (Å²) in [7, 11) is 1.66. The van der Waals surface area contributed by atoms with Crippen molar-refractivity contribution in [3.05, 3.63) is 91.1 Å². The van der Waals surface area contributed by atoms with Crippen molar-refractivity contribution in [2.45, 2.75) is 0 Å². The lowest BCUT2D eigenvalue weighted by atomic mass is 10.1. The van der Waals surface area contributed by atoms with Crippen molar-refractivity contribution in [3.63, 3.8) is 0 Å². The summed E-state index contributed by atoms with van der Waals surface area (Å²) in [5.74, 6) is 2.09. The first-order chi connectivity index (χ1) is 13.8. The lowest BCUT2D eigenvalue weighted by molar-refractivity contribution is 0.415. The maximum Gasteiger partial charge on any atom is 0.233 e. The second-order valence-electron chi connectivity index (χ2n) is 6.51. The van der Waals surface area contributed by atoms with E-state index >= 15 is 0 Å². The van der Waals surface area contributed by atoms with Crippen molar-refractivity contribution in [2.75, 3.05) is 7.11 Å². The third-order valence-electron chi connectivity index (χ3n) is 4.81. The summed E-state index contributed by atoms with van der Waals surface area (Å²) in [6, 6.07) is 28.2. The molecule has 28 heavy (non-hydrogen) atoms. The third kappa shape index (κ3) is 2.76. The fourth-order valence-electron chi connectivity index (χ4n) is 3.38. The number of hydrogen-bond donors (Lipinski definition) is 0. The third-order valence-corrected chi connectivity index (χ3v) is 4.81. The normalized spacial score (nSPS) is 11.0. The molecule has 4 nitrogen and oxygen atoms in total. The molecule has 2 aromatic heterocycles. The quantitative estimate of drug-likeness (QED) is 0.394. The second kappa shape index (κ2) is 6.74. The number of oxazole rings is 1. The number of aromatic nitrogens is 2. The van der Waals surface area contributed by atoms with Crippen LogP contribution < -0.4 is 4.74 Å². The Bertz CT molecular complexity index is 1230. The Labute approximate surface area is 162 Å². The van der Waals surface area contributed by atoms with E-state index in [2.05, 4.69) is 22.8 Å². The van der Waals surface area contributed by atoms with Crippen LogP contribution in [-0.4, -0.2) is 16.7 Å². The Hall–Kier alpha value is -3.79. The minimum Gasteiger partial charge on any atom is -0.497 e. The Morgan fingerprint density at radius 2 is 1.54 bits per heavy atom. The zero-order chi connectivity index (χ0) is 18.9. The molecule has 0 aliphatic heterocycles. The first kappa shape index (κ1) is 16.4. The van der Waals surface area contributed by atoms with Gasteiger partial charge in [0.05, 0.1) is 12.6 Å². The van der Waals surface area contributed by atoms with Crippen LogP contribution in [0.3, 0.4) is 0 Å². The van der Waals surface area contributed by atoms with Crippen LogP contribution in [0.15, 0.2) is 95.5 Å². The van der Waals surface area contributed by atoms with E-state index in [-0.39, 0.29) is 0 Å². The van der Waals surface area contributed by atoms with Crippen LogP contribution in [0.2, 0.25) is 0 Å². The van der Waals surface area contributed by atoms with Gasteiger partial charge in [-0.25, -0.2) is 4.98 Å². The van der Waals surface area contributed by atoms with Crippen molar-refractivity contribution in [1.82, 2.24) is 9.55 Å². The van der Waals surface area contributed by atoms with Crippen LogP contribution in [0.4, 0.5) is 0 Å². The summed E-state index contributed by atoms with van der Waals surface area (Å²) in [6.45, 7) is 0. The summed E-state index contributed by atoms with van der Waals surface area (Å²) in [5, 5.41) is 1.16. The maximum atomic E-state index is 6.29. The van der Waals surface area contributed by atoms with Crippen LogP contribution >= 0.6 is 0 Å². The fourth-order valence-corrected chi connectivity index (χ4v) is 3.38. The van der Waals surface area contributed by atoms with E-state index in [1.807, 2.05) is 72.9 Å². The Morgan fingerprint density at radius 3 is 2.32 bits per heavy atom. The van der Waals surface area contributed by atoms with Gasteiger partial charge in [0.15, 0.2) is 0 Å². The summed E-state index contributed by atoms with van der Waals surface area (Å²) in [5.41, 5.74) is 3.81. The summed E-state index contributed by atoms with van der Waals surface area (Å²) < 4.78 is 13.6. The fraction of sp³-hybridized carbons (Fsp3) is 0.0417. The number of benzene rings is 3. The molecule has 0 amide bonds. The molecule has 5 rings (SSSR count). The Kier molecular flexibility index (Phi) is 3.95. The van der Waals surface area contributed by atoms with Gasteiger partial charge in [-0.1, -0.05) is 48.5 Å². The molecule has 0 spiro atoms. The number of methoxy groups -OCH3 is 1. The molecule has 4 heteroatoms. The summed E-state index contributed by atoms with van der Waals surface area (Å²) in [6.07, 6.45) is 2.02. The van der Waals surface area contributed by atoms with Crippen molar-refractivity contribution in [1.29, 1.82) is 0 Å². The lowest BCUT2D eigenvalue weighted by Crippen LogP contribution is -1.92. The van der Waals surface area contributed by atoms with Gasteiger partial charge in [0.1, 0.15) is 11.4 Å². The smallest absolute Gasteiger partial charge is 0.233 e. The van der Waals surface area contributed by atoms with E-state index in [1.165, 1.54) is 0 Å². The molecule has 0 radical (unpaired) electrons. The van der Waals surface area contributed by atoms with Gasteiger partial charge in [0.25, 0.3) is 0 Å². The van der Waals surface area contributed by atoms with Crippen LogP contribution in [0.1, 0.15) is 0 Å². The van der Waals surface area contributed by atoms with E-state index in [4.69, 9.17) is 14.1 Å². The van der Waals surface area contributed by atoms with Gasteiger partial charge >= 0.3 is 0 Å². The topological polar surface area (TPSA) is 40.2 Å². The SMILES string of the molecule is COc1ccc(-c2nc(-c3ccccc3)c(-n3ccc4ccccc43)o2)cc1. The van der Waals surface area contributed by atoms with Gasteiger partial charge in [-0.3, -0.25) is 4.57 Å². The average molecular weight is 366 g/mol. The Morgan fingerprint density at radius 1 is 0.786 bits per heavy atom. The number of ether oxygens (including phenoxy) is 1. The molecule has 0 saturated heterocycles. The predicted molar refractivity (Wildman–Crippen MR) is 111 cm³/mol. The highest BCUT2D eigenvalue weighted by atomic mass is 16.5. The minimum atomic E-state index is 0.578. The Balaban J connectivity index is 1.71. The van der Waals surface area contributed by atoms with Gasteiger partial charge < -0.3 is 9.15 Å². The maximum absolute atomic E-state index is 6.29. The van der Waals surface area contributed by atoms with Gasteiger partial charge in [-0.05, 0) is 36.4 Å². The summed E-state index contributed by atoms with van der Waals surface area (Å²) in [4.78, 5) is 4.84. The molecule has 0 fully saturated rings. The predicted octanol–water partition coefficient (Wildman–Crippen LogP) is 5.96. The molecule has 0 aliphatic carbocycles. The number of para-hydroxylation sites is 1. The molecule has 0 atom stereocenters. The molecule has 5 aromatic rings. The van der Waals surface area contributed by atoms with E-state index < -0.39 is 0 Å². The van der Waals surface area contributed by atoms with Crippen LogP contribution in [0, 0.1) is 0 Å². The summed E-state index contributed by atoms with van der Waals surface area (Å²) >= 11 is 0. The minimum absolute atomic E-state index is 0.578. The van der Waals surface area contributed by atoms with Crippen LogP contribution in [0.5, 0.6) is 5.75 Å².